The Hall–Kier alpha value is -2.37. The Labute approximate surface area is 127 Å². The molecule has 0 radical (unpaired) electrons. The first-order chi connectivity index (χ1) is 10.7. The second-order valence-corrected chi connectivity index (χ2v) is 5.86. The van der Waals surface area contributed by atoms with Crippen LogP contribution in [0.5, 0.6) is 0 Å². The molecule has 0 spiro atoms. The molecule has 2 aliphatic rings. The highest BCUT2D eigenvalue weighted by molar-refractivity contribution is 5.89. The Morgan fingerprint density at radius 2 is 2.14 bits per heavy atom. The Kier molecular flexibility index (Phi) is 3.10. The minimum atomic E-state index is -0.424. The second kappa shape index (κ2) is 5.12. The summed E-state index contributed by atoms with van der Waals surface area (Å²) in [7, 11) is 0. The Bertz CT molecular complexity index is 723. The van der Waals surface area contributed by atoms with Gasteiger partial charge in [-0.05, 0) is 25.0 Å². The number of benzene rings is 1. The van der Waals surface area contributed by atoms with E-state index in [1.165, 1.54) is 24.6 Å². The lowest BCUT2D eigenvalue weighted by molar-refractivity contribution is 0.205. The lowest BCUT2D eigenvalue weighted by Gasteiger charge is -2.27. The number of halogens is 1. The fourth-order valence-corrected chi connectivity index (χ4v) is 2.93. The summed E-state index contributed by atoms with van der Waals surface area (Å²) in [6, 6.07) is 6.52. The van der Waals surface area contributed by atoms with Crippen LogP contribution in [-0.4, -0.2) is 27.0 Å². The molecule has 0 bridgehead atoms. The van der Waals surface area contributed by atoms with Gasteiger partial charge < -0.3 is 14.8 Å². The topological polar surface area (TPSA) is 50.2 Å². The smallest absolute Gasteiger partial charge is 0.322 e. The van der Waals surface area contributed by atoms with E-state index in [1.807, 2.05) is 6.33 Å². The van der Waals surface area contributed by atoms with Crippen LogP contribution >= 0.6 is 0 Å². The van der Waals surface area contributed by atoms with Crippen molar-refractivity contribution in [2.24, 2.45) is 0 Å². The molecule has 2 aromatic rings. The number of nitrogens with zero attached hydrogens (tertiary/aromatic N) is 3. The molecule has 0 atom stereocenters. The molecule has 1 aliphatic carbocycles. The third kappa shape index (κ3) is 2.34. The number of nitrogens with one attached hydrogen (secondary N) is 1. The second-order valence-electron chi connectivity index (χ2n) is 5.86. The molecule has 22 heavy (non-hydrogen) atoms. The normalized spacial score (nSPS) is 17.2. The standard InChI is InChI=1S/C16H17FN4O/c17-12-3-1-2-4-13(12)19-16(22)20-8-7-15-14(9-20)18-10-21(15)11-5-6-11/h1-4,10-11H,5-9H2,(H,19,22). The number of fused-ring (bicyclic) bond motifs is 1. The Morgan fingerprint density at radius 1 is 1.32 bits per heavy atom. The maximum atomic E-state index is 13.6. The summed E-state index contributed by atoms with van der Waals surface area (Å²) in [6.45, 7) is 1.11. The third-order valence-corrected chi connectivity index (χ3v) is 4.28. The summed E-state index contributed by atoms with van der Waals surface area (Å²) in [5.41, 5.74) is 2.42. The summed E-state index contributed by atoms with van der Waals surface area (Å²) in [5.74, 6) is -0.424. The minimum Gasteiger partial charge on any atom is -0.331 e. The predicted molar refractivity (Wildman–Crippen MR) is 80.0 cm³/mol. The monoisotopic (exact) mass is 300 g/mol. The summed E-state index contributed by atoms with van der Waals surface area (Å²) >= 11 is 0. The first-order valence-electron chi connectivity index (χ1n) is 7.57. The molecular weight excluding hydrogens is 283 g/mol. The molecule has 1 N–H and O–H groups in total. The number of anilines is 1. The van der Waals surface area contributed by atoms with Crippen LogP contribution in [-0.2, 0) is 13.0 Å². The number of aromatic nitrogens is 2. The molecule has 4 rings (SSSR count). The lowest BCUT2D eigenvalue weighted by atomic mass is 10.1. The van der Waals surface area contributed by atoms with Gasteiger partial charge in [-0.15, -0.1) is 0 Å². The molecule has 0 saturated heterocycles. The van der Waals surface area contributed by atoms with Crippen LogP contribution in [0.4, 0.5) is 14.9 Å². The van der Waals surface area contributed by atoms with Crippen LogP contribution in [0.15, 0.2) is 30.6 Å². The number of hydrogen-bond acceptors (Lipinski definition) is 2. The highest BCUT2D eigenvalue weighted by Crippen LogP contribution is 2.37. The average Bonchev–Trinajstić information content (AvgIpc) is 3.28. The summed E-state index contributed by atoms with van der Waals surface area (Å²) in [4.78, 5) is 18.4. The average molecular weight is 300 g/mol. The predicted octanol–water partition coefficient (Wildman–Crippen LogP) is 2.95. The van der Waals surface area contributed by atoms with Crippen molar-refractivity contribution >= 4 is 11.7 Å². The van der Waals surface area contributed by atoms with Gasteiger partial charge in [-0.3, -0.25) is 0 Å². The van der Waals surface area contributed by atoms with Gasteiger partial charge in [0, 0.05) is 24.7 Å². The Balaban J connectivity index is 1.47. The van der Waals surface area contributed by atoms with E-state index in [9.17, 15) is 9.18 Å². The first kappa shape index (κ1) is 13.3. The molecule has 2 amide bonds. The van der Waals surface area contributed by atoms with E-state index in [2.05, 4.69) is 14.9 Å². The van der Waals surface area contributed by atoms with E-state index in [-0.39, 0.29) is 11.7 Å². The van der Waals surface area contributed by atoms with Crippen molar-refractivity contribution in [1.82, 2.24) is 14.5 Å². The largest absolute Gasteiger partial charge is 0.331 e. The van der Waals surface area contributed by atoms with Crippen LogP contribution in [0.1, 0.15) is 30.3 Å². The molecule has 1 saturated carbocycles. The van der Waals surface area contributed by atoms with E-state index >= 15 is 0 Å². The number of carbonyl (C=O) groups excluding carboxylic acids is 1. The van der Waals surface area contributed by atoms with Crippen molar-refractivity contribution in [2.45, 2.75) is 31.8 Å². The van der Waals surface area contributed by atoms with E-state index in [1.54, 1.807) is 23.1 Å². The van der Waals surface area contributed by atoms with E-state index in [0.29, 0.717) is 19.1 Å². The van der Waals surface area contributed by atoms with Crippen LogP contribution in [0.3, 0.4) is 0 Å². The fourth-order valence-electron chi connectivity index (χ4n) is 2.93. The van der Waals surface area contributed by atoms with Crippen molar-refractivity contribution in [1.29, 1.82) is 0 Å². The van der Waals surface area contributed by atoms with Crippen molar-refractivity contribution in [3.05, 3.63) is 47.8 Å². The maximum absolute atomic E-state index is 13.6. The van der Waals surface area contributed by atoms with Gasteiger partial charge in [0.15, 0.2) is 0 Å². The van der Waals surface area contributed by atoms with Crippen LogP contribution < -0.4 is 5.32 Å². The number of urea groups is 1. The molecule has 6 heteroatoms. The van der Waals surface area contributed by atoms with Gasteiger partial charge in [-0.2, -0.15) is 0 Å². The number of carbonyl (C=O) groups is 1. The van der Waals surface area contributed by atoms with Crippen molar-refractivity contribution in [3.8, 4) is 0 Å². The van der Waals surface area contributed by atoms with Crippen LogP contribution in [0.2, 0.25) is 0 Å². The summed E-state index contributed by atoms with van der Waals surface area (Å²) in [6.07, 6.45) is 5.14. The molecule has 1 aromatic heterocycles. The van der Waals surface area contributed by atoms with E-state index in [0.717, 1.165) is 12.1 Å². The first-order valence-corrected chi connectivity index (χ1v) is 7.57. The Morgan fingerprint density at radius 3 is 2.91 bits per heavy atom. The van der Waals surface area contributed by atoms with Gasteiger partial charge in [-0.1, -0.05) is 12.1 Å². The van der Waals surface area contributed by atoms with Gasteiger partial charge in [0.05, 0.1) is 24.3 Å². The molecular formula is C16H17FN4O. The third-order valence-electron chi connectivity index (χ3n) is 4.28. The maximum Gasteiger partial charge on any atom is 0.322 e. The lowest BCUT2D eigenvalue weighted by Crippen LogP contribution is -2.39. The number of amides is 2. The number of rotatable bonds is 2. The summed E-state index contributed by atoms with van der Waals surface area (Å²) in [5, 5.41) is 2.63. The molecule has 2 heterocycles. The molecule has 0 unspecified atom stereocenters. The van der Waals surface area contributed by atoms with Gasteiger partial charge in [0.2, 0.25) is 0 Å². The van der Waals surface area contributed by atoms with Gasteiger partial charge in [0.1, 0.15) is 5.82 Å². The molecule has 1 aromatic carbocycles. The number of imidazole rings is 1. The van der Waals surface area contributed by atoms with Crippen LogP contribution in [0.25, 0.3) is 0 Å². The molecule has 1 aliphatic heterocycles. The molecule has 5 nitrogen and oxygen atoms in total. The van der Waals surface area contributed by atoms with Crippen molar-refractivity contribution in [3.63, 3.8) is 0 Å². The highest BCUT2D eigenvalue weighted by Gasteiger charge is 2.30. The van der Waals surface area contributed by atoms with Gasteiger partial charge in [0.25, 0.3) is 0 Å². The molecule has 1 fully saturated rings. The number of para-hydroxylation sites is 1. The van der Waals surface area contributed by atoms with Crippen LogP contribution in [0, 0.1) is 5.82 Å². The van der Waals surface area contributed by atoms with Gasteiger partial charge >= 0.3 is 6.03 Å². The zero-order valence-corrected chi connectivity index (χ0v) is 12.1. The SMILES string of the molecule is O=C(Nc1ccccc1F)N1CCc2c(ncn2C2CC2)C1. The minimum absolute atomic E-state index is 0.210. The summed E-state index contributed by atoms with van der Waals surface area (Å²) < 4.78 is 15.9. The van der Waals surface area contributed by atoms with E-state index in [4.69, 9.17) is 0 Å². The fraction of sp³-hybridized carbons (Fsp3) is 0.375. The quantitative estimate of drug-likeness (QED) is 0.927. The highest BCUT2D eigenvalue weighted by atomic mass is 19.1. The number of hydrogen-bond donors (Lipinski definition) is 1. The van der Waals surface area contributed by atoms with Crippen molar-refractivity contribution < 1.29 is 9.18 Å². The van der Waals surface area contributed by atoms with Crippen molar-refractivity contribution in [2.75, 3.05) is 11.9 Å². The zero-order chi connectivity index (χ0) is 15.1. The van der Waals surface area contributed by atoms with Gasteiger partial charge in [-0.25, -0.2) is 14.2 Å². The molecule has 114 valence electrons. The zero-order valence-electron chi connectivity index (χ0n) is 12.1. The van der Waals surface area contributed by atoms with E-state index < -0.39 is 5.82 Å².